The Morgan fingerprint density at radius 2 is 1.71 bits per heavy atom. The standard InChI is InChI=1S/C24H23Cl2N5O3/c1-31(2)12-13-5-8-18(29-13)30-24(32)15-7-6-14(22-23(15)28-10-9-27-22)19-20(25)16(33-3)11-17(34-4)21(19)26/h5-7,9-11H,8,12H2,1-4H3,(H,29,30,32). The van der Waals surface area contributed by atoms with Crippen LogP contribution in [0.4, 0.5) is 0 Å². The van der Waals surface area contributed by atoms with E-state index in [1.807, 2.05) is 25.1 Å². The number of carbonyl (C=O) groups is 1. The lowest BCUT2D eigenvalue weighted by Gasteiger charge is -2.16. The monoisotopic (exact) mass is 499 g/mol. The Morgan fingerprint density at radius 1 is 1.06 bits per heavy atom. The van der Waals surface area contributed by atoms with E-state index in [1.165, 1.54) is 20.4 Å². The Labute approximate surface area is 207 Å². The molecule has 34 heavy (non-hydrogen) atoms. The topological polar surface area (TPSA) is 88.9 Å². The Kier molecular flexibility index (Phi) is 7.02. The quantitative estimate of drug-likeness (QED) is 0.533. The van der Waals surface area contributed by atoms with Gasteiger partial charge >= 0.3 is 0 Å². The Morgan fingerprint density at radius 3 is 2.32 bits per heavy atom. The number of likely N-dealkylation sites (N-methyl/N-ethyl adjacent to an activating group) is 1. The zero-order valence-corrected chi connectivity index (χ0v) is 20.7. The first-order valence-electron chi connectivity index (χ1n) is 10.4. The fourth-order valence-electron chi connectivity index (χ4n) is 3.74. The molecule has 0 aliphatic carbocycles. The van der Waals surface area contributed by atoms with Crippen LogP contribution in [0, 0.1) is 0 Å². The molecule has 0 atom stereocenters. The third-order valence-electron chi connectivity index (χ3n) is 5.26. The summed E-state index contributed by atoms with van der Waals surface area (Å²) in [5.74, 6) is 1.07. The number of hydrogen-bond donors (Lipinski definition) is 1. The minimum absolute atomic E-state index is 0.303. The van der Waals surface area contributed by atoms with Crippen LogP contribution >= 0.6 is 23.2 Å². The van der Waals surface area contributed by atoms with Crippen molar-refractivity contribution in [3.05, 3.63) is 58.0 Å². The highest BCUT2D eigenvalue weighted by atomic mass is 35.5. The van der Waals surface area contributed by atoms with Crippen molar-refractivity contribution in [3.63, 3.8) is 0 Å². The Bertz CT molecular complexity index is 1310. The molecule has 2 aromatic carbocycles. The summed E-state index contributed by atoms with van der Waals surface area (Å²) in [6.07, 6.45) is 5.63. The summed E-state index contributed by atoms with van der Waals surface area (Å²) in [4.78, 5) is 28.6. The van der Waals surface area contributed by atoms with Crippen molar-refractivity contribution >= 4 is 46.0 Å². The molecule has 8 nitrogen and oxygen atoms in total. The molecule has 1 N–H and O–H groups in total. The van der Waals surface area contributed by atoms with Gasteiger partial charge in [0.1, 0.15) is 22.9 Å². The first-order chi connectivity index (χ1) is 16.3. The maximum absolute atomic E-state index is 13.1. The highest BCUT2D eigenvalue weighted by Crippen LogP contribution is 2.47. The molecule has 0 fully saturated rings. The number of fused-ring (bicyclic) bond motifs is 1. The number of halogens is 2. The van der Waals surface area contributed by atoms with Gasteiger partial charge in [0, 0.05) is 42.6 Å². The summed E-state index contributed by atoms with van der Waals surface area (Å²) in [6, 6.07) is 5.03. The van der Waals surface area contributed by atoms with Crippen LogP contribution in [0.15, 0.2) is 47.4 Å². The highest BCUT2D eigenvalue weighted by Gasteiger charge is 2.23. The molecule has 0 saturated heterocycles. The van der Waals surface area contributed by atoms with Crippen LogP contribution in [-0.4, -0.2) is 61.5 Å². The smallest absolute Gasteiger partial charge is 0.258 e. The lowest BCUT2D eigenvalue weighted by atomic mass is 9.99. The maximum atomic E-state index is 13.1. The van der Waals surface area contributed by atoms with Gasteiger partial charge in [-0.05, 0) is 20.2 Å². The van der Waals surface area contributed by atoms with Crippen molar-refractivity contribution < 1.29 is 14.3 Å². The number of benzene rings is 2. The highest BCUT2D eigenvalue weighted by molar-refractivity contribution is 6.41. The van der Waals surface area contributed by atoms with Crippen molar-refractivity contribution in [2.45, 2.75) is 6.42 Å². The van der Waals surface area contributed by atoms with Crippen LogP contribution in [0.3, 0.4) is 0 Å². The first kappa shape index (κ1) is 23.9. The minimum atomic E-state index is -0.323. The summed E-state index contributed by atoms with van der Waals surface area (Å²) in [6.45, 7) is 0.702. The van der Waals surface area contributed by atoms with E-state index in [4.69, 9.17) is 32.7 Å². The van der Waals surface area contributed by atoms with Crippen LogP contribution in [0.5, 0.6) is 11.5 Å². The summed E-state index contributed by atoms with van der Waals surface area (Å²) in [7, 11) is 6.95. The molecule has 0 radical (unpaired) electrons. The number of amides is 1. The van der Waals surface area contributed by atoms with Crippen LogP contribution in [0.25, 0.3) is 22.2 Å². The van der Waals surface area contributed by atoms with Gasteiger partial charge in [0.2, 0.25) is 0 Å². The number of carbonyl (C=O) groups excluding carboxylic acids is 1. The van der Waals surface area contributed by atoms with E-state index in [0.717, 1.165) is 5.70 Å². The van der Waals surface area contributed by atoms with E-state index in [-0.39, 0.29) is 5.91 Å². The van der Waals surface area contributed by atoms with Gasteiger partial charge in [-0.3, -0.25) is 14.8 Å². The van der Waals surface area contributed by atoms with Crippen LogP contribution in [0.1, 0.15) is 16.8 Å². The molecule has 0 bridgehead atoms. The second-order valence-electron chi connectivity index (χ2n) is 7.85. The molecule has 10 heteroatoms. The average molecular weight is 500 g/mol. The number of amidine groups is 1. The van der Waals surface area contributed by atoms with E-state index < -0.39 is 0 Å². The molecule has 0 spiro atoms. The SMILES string of the molecule is COc1cc(OC)c(Cl)c(-c2ccc(C(=O)NC3=NC(CN(C)C)=CC3)c3nccnc23)c1Cl. The summed E-state index contributed by atoms with van der Waals surface area (Å²) in [5.41, 5.74) is 3.23. The molecule has 176 valence electrons. The normalized spacial score (nSPS) is 13.1. The number of aromatic nitrogens is 2. The fourth-order valence-corrected chi connectivity index (χ4v) is 4.45. The molecule has 1 aromatic heterocycles. The molecule has 1 aliphatic rings. The van der Waals surface area contributed by atoms with Gasteiger partial charge in [-0.1, -0.05) is 35.3 Å². The van der Waals surface area contributed by atoms with Crippen LogP contribution in [-0.2, 0) is 0 Å². The van der Waals surface area contributed by atoms with Crippen LogP contribution in [0.2, 0.25) is 10.0 Å². The van der Waals surface area contributed by atoms with Gasteiger partial charge in [-0.2, -0.15) is 0 Å². The van der Waals surface area contributed by atoms with Gasteiger partial charge in [-0.15, -0.1) is 0 Å². The predicted octanol–water partition coefficient (Wildman–Crippen LogP) is 4.60. The van der Waals surface area contributed by atoms with Gasteiger partial charge in [-0.25, -0.2) is 4.99 Å². The van der Waals surface area contributed by atoms with E-state index in [0.29, 0.717) is 68.1 Å². The molecule has 1 aliphatic heterocycles. The summed E-state index contributed by atoms with van der Waals surface area (Å²) < 4.78 is 10.8. The molecular formula is C24H23Cl2N5O3. The number of hydrogen-bond acceptors (Lipinski definition) is 7. The molecular weight excluding hydrogens is 477 g/mol. The van der Waals surface area contributed by atoms with Crippen molar-refractivity contribution in [3.8, 4) is 22.6 Å². The number of ether oxygens (including phenoxy) is 2. The number of methoxy groups -OCH3 is 2. The van der Waals surface area contributed by atoms with Crippen LogP contribution < -0.4 is 14.8 Å². The predicted molar refractivity (Wildman–Crippen MR) is 134 cm³/mol. The molecule has 2 heterocycles. The maximum Gasteiger partial charge on any atom is 0.258 e. The molecule has 0 unspecified atom stereocenters. The molecule has 4 rings (SSSR count). The number of nitrogens with zero attached hydrogens (tertiary/aromatic N) is 4. The Hall–Kier alpha value is -3.20. The van der Waals surface area contributed by atoms with Crippen molar-refractivity contribution in [2.75, 3.05) is 34.9 Å². The fraction of sp³-hybridized carbons (Fsp3) is 0.250. The van der Waals surface area contributed by atoms with Gasteiger partial charge in [0.15, 0.2) is 0 Å². The minimum Gasteiger partial charge on any atom is -0.495 e. The van der Waals surface area contributed by atoms with E-state index in [1.54, 1.807) is 24.4 Å². The number of aliphatic imine (C=N–C) groups is 1. The van der Waals surface area contributed by atoms with E-state index in [2.05, 4.69) is 20.3 Å². The summed E-state index contributed by atoms with van der Waals surface area (Å²) >= 11 is 13.3. The third-order valence-corrected chi connectivity index (χ3v) is 6.01. The molecule has 1 amide bonds. The average Bonchev–Trinajstić information content (AvgIpc) is 3.25. The van der Waals surface area contributed by atoms with Gasteiger partial charge < -0.3 is 19.7 Å². The zero-order valence-electron chi connectivity index (χ0n) is 19.1. The second-order valence-corrected chi connectivity index (χ2v) is 8.60. The van der Waals surface area contributed by atoms with Crippen molar-refractivity contribution in [2.24, 2.45) is 4.99 Å². The number of rotatable bonds is 6. The van der Waals surface area contributed by atoms with Crippen molar-refractivity contribution in [1.29, 1.82) is 0 Å². The van der Waals surface area contributed by atoms with E-state index in [9.17, 15) is 4.79 Å². The zero-order chi connectivity index (χ0) is 24.4. The largest absolute Gasteiger partial charge is 0.495 e. The summed E-state index contributed by atoms with van der Waals surface area (Å²) in [5, 5.41) is 3.50. The Balaban J connectivity index is 1.76. The number of nitrogens with one attached hydrogen (secondary N) is 1. The third kappa shape index (κ3) is 4.57. The first-order valence-corrected chi connectivity index (χ1v) is 11.2. The lowest BCUT2D eigenvalue weighted by molar-refractivity contribution is 0.0978. The van der Waals surface area contributed by atoms with Gasteiger partial charge in [0.05, 0.1) is 41.0 Å². The molecule has 3 aromatic rings. The second kappa shape index (κ2) is 9.97. The van der Waals surface area contributed by atoms with Gasteiger partial charge in [0.25, 0.3) is 5.91 Å². The lowest BCUT2D eigenvalue weighted by Crippen LogP contribution is -2.29. The molecule has 0 saturated carbocycles. The van der Waals surface area contributed by atoms with Crippen molar-refractivity contribution in [1.82, 2.24) is 20.2 Å². The van der Waals surface area contributed by atoms with E-state index >= 15 is 0 Å².